The van der Waals surface area contributed by atoms with Crippen LogP contribution in [0.15, 0.2) is 48.5 Å². The number of aliphatic carboxylic acids is 1. The summed E-state index contributed by atoms with van der Waals surface area (Å²) in [5.74, 6) is -1.00. The summed E-state index contributed by atoms with van der Waals surface area (Å²) in [6.45, 7) is 2.71. The lowest BCUT2D eigenvalue weighted by molar-refractivity contribution is -0.144. The molecule has 2 aliphatic rings. The van der Waals surface area contributed by atoms with E-state index in [9.17, 15) is 36.2 Å². The first kappa shape index (κ1) is 35.1. The Morgan fingerprint density at radius 2 is 1.39 bits per heavy atom. The molecule has 1 atom stereocenters. The zero-order valence-electron chi connectivity index (χ0n) is 22.2. The molecule has 1 N–H and O–H groups in total. The molecule has 4 rings (SSSR count). The highest BCUT2D eigenvalue weighted by molar-refractivity contribution is 5.85. The number of carboxylic acids is 1. The van der Waals surface area contributed by atoms with E-state index < -0.39 is 29.4 Å². The van der Waals surface area contributed by atoms with Crippen LogP contribution in [0.5, 0.6) is 0 Å². The summed E-state index contributed by atoms with van der Waals surface area (Å²) in [7, 11) is 0. The van der Waals surface area contributed by atoms with Crippen LogP contribution in [0.1, 0.15) is 54.0 Å². The van der Waals surface area contributed by atoms with E-state index >= 15 is 0 Å². The number of rotatable bonds is 8. The Bertz CT molecular complexity index is 1070. The number of hydrogen-bond donors (Lipinski definition) is 1. The third-order valence-corrected chi connectivity index (χ3v) is 7.73. The van der Waals surface area contributed by atoms with Gasteiger partial charge in [-0.15, -0.1) is 24.8 Å². The number of carboxylic acid groups (broad SMARTS) is 1. The molecule has 13 heteroatoms. The summed E-state index contributed by atoms with van der Waals surface area (Å²) in [5.41, 5.74) is -1.95. The van der Waals surface area contributed by atoms with Gasteiger partial charge in [-0.3, -0.25) is 14.6 Å². The van der Waals surface area contributed by atoms with Crippen LogP contribution < -0.4 is 0 Å². The molecule has 1 unspecified atom stereocenters. The van der Waals surface area contributed by atoms with E-state index in [4.69, 9.17) is 4.74 Å². The Balaban J connectivity index is 0.00000294. The van der Waals surface area contributed by atoms with Crippen molar-refractivity contribution in [3.8, 4) is 0 Å². The van der Waals surface area contributed by atoms with Gasteiger partial charge in [0.1, 0.15) is 0 Å². The van der Waals surface area contributed by atoms with Crippen LogP contribution in [0.4, 0.5) is 26.3 Å². The van der Waals surface area contributed by atoms with Crippen molar-refractivity contribution in [2.75, 3.05) is 32.8 Å². The van der Waals surface area contributed by atoms with E-state index in [1.165, 1.54) is 0 Å². The van der Waals surface area contributed by atoms with Gasteiger partial charge in [0.05, 0.1) is 36.3 Å². The largest absolute Gasteiger partial charge is 0.481 e. The number of hydrogen-bond acceptors (Lipinski definition) is 4. The average molecular weight is 631 g/mol. The molecule has 5 nitrogen and oxygen atoms in total. The zero-order chi connectivity index (χ0) is 28.2. The predicted molar refractivity (Wildman–Crippen MR) is 146 cm³/mol. The van der Waals surface area contributed by atoms with E-state index in [1.807, 2.05) is 30.3 Å². The lowest BCUT2D eigenvalue weighted by Gasteiger charge is -2.44. The molecule has 230 valence electrons. The maximum Gasteiger partial charge on any atom is 0.416 e. The predicted octanol–water partition coefficient (Wildman–Crippen LogP) is 7.09. The minimum absolute atomic E-state index is 0. The quantitative estimate of drug-likeness (QED) is 0.316. The molecule has 41 heavy (non-hydrogen) atoms. The van der Waals surface area contributed by atoms with E-state index in [0.717, 1.165) is 31.5 Å². The summed E-state index contributed by atoms with van der Waals surface area (Å²) in [6.07, 6.45) is -6.78. The molecular formula is C28H34Cl2F6N2O3. The normalized spacial score (nSPS) is 21.4. The Hall–Kier alpha value is -2.05. The molecule has 1 aliphatic heterocycles. The number of halogens is 8. The van der Waals surface area contributed by atoms with Gasteiger partial charge in [0.15, 0.2) is 0 Å². The highest BCUT2D eigenvalue weighted by atomic mass is 35.5. The summed E-state index contributed by atoms with van der Waals surface area (Å²) in [4.78, 5) is 15.9. The standard InChI is InChI=1S/C28H32F6N2O3.2ClH/c29-27(30,31)22-14-19(15-23(16-22)28(32,33)34)17-39-18-25(20-4-2-1-3-5-20)36-12-10-35(11-13-36)24-8-6-21(7-9-24)26(37)38;;/h1-5,14-16,21,24-25H,6-13,17-18H2,(H,37,38);2*1H. The Morgan fingerprint density at radius 3 is 1.88 bits per heavy atom. The van der Waals surface area contributed by atoms with Crippen LogP contribution in [-0.2, 0) is 28.5 Å². The highest BCUT2D eigenvalue weighted by Crippen LogP contribution is 2.37. The fourth-order valence-corrected chi connectivity index (χ4v) is 5.58. The van der Waals surface area contributed by atoms with Gasteiger partial charge in [-0.25, -0.2) is 0 Å². The van der Waals surface area contributed by atoms with Crippen molar-refractivity contribution >= 4 is 30.8 Å². The molecule has 0 aromatic heterocycles. The third kappa shape index (κ3) is 9.47. The van der Waals surface area contributed by atoms with Crippen molar-refractivity contribution < 1.29 is 41.0 Å². The maximum atomic E-state index is 13.2. The van der Waals surface area contributed by atoms with Crippen LogP contribution in [-0.4, -0.2) is 59.7 Å². The summed E-state index contributed by atoms with van der Waals surface area (Å²) < 4.78 is 85.1. The number of nitrogens with zero attached hydrogens (tertiary/aromatic N) is 2. The van der Waals surface area contributed by atoms with Gasteiger partial charge in [-0.05, 0) is 55.0 Å². The molecule has 1 saturated heterocycles. The van der Waals surface area contributed by atoms with Gasteiger partial charge in [0.25, 0.3) is 0 Å². The lowest BCUT2D eigenvalue weighted by atomic mass is 9.85. The van der Waals surface area contributed by atoms with Gasteiger partial charge in [0, 0.05) is 32.2 Å². The number of carbonyl (C=O) groups is 1. The van der Waals surface area contributed by atoms with E-state index in [-0.39, 0.29) is 61.6 Å². The van der Waals surface area contributed by atoms with Crippen molar-refractivity contribution in [3.63, 3.8) is 0 Å². The second-order valence-electron chi connectivity index (χ2n) is 10.3. The fourth-order valence-electron chi connectivity index (χ4n) is 5.58. The minimum atomic E-state index is -4.91. The average Bonchev–Trinajstić information content (AvgIpc) is 2.91. The third-order valence-electron chi connectivity index (χ3n) is 7.73. The molecule has 1 saturated carbocycles. The maximum absolute atomic E-state index is 13.2. The SMILES string of the molecule is Cl.Cl.O=C(O)C1CCC(N2CCN(C(COCc3cc(C(F)(F)F)cc(C(F)(F)F)c3)c3ccccc3)CC2)CC1. The molecule has 1 heterocycles. The monoisotopic (exact) mass is 630 g/mol. The van der Waals surface area contributed by atoms with Gasteiger partial charge in [0.2, 0.25) is 0 Å². The topological polar surface area (TPSA) is 53.0 Å². The number of alkyl halides is 6. The number of benzene rings is 2. The molecular weight excluding hydrogens is 597 g/mol. The molecule has 2 aromatic rings. The molecule has 0 bridgehead atoms. The van der Waals surface area contributed by atoms with Gasteiger partial charge in [-0.2, -0.15) is 26.3 Å². The molecule has 0 radical (unpaired) electrons. The smallest absolute Gasteiger partial charge is 0.416 e. The van der Waals surface area contributed by atoms with Crippen molar-refractivity contribution in [3.05, 3.63) is 70.8 Å². The van der Waals surface area contributed by atoms with E-state index in [2.05, 4.69) is 9.80 Å². The van der Waals surface area contributed by atoms with Crippen molar-refractivity contribution in [2.45, 2.75) is 56.7 Å². The fraction of sp³-hybridized carbons (Fsp3) is 0.536. The molecule has 0 spiro atoms. The summed E-state index contributed by atoms with van der Waals surface area (Å²) in [6, 6.07) is 11.1. The molecule has 1 aliphatic carbocycles. The van der Waals surface area contributed by atoms with E-state index in [0.29, 0.717) is 44.1 Å². The van der Waals surface area contributed by atoms with Crippen LogP contribution in [0, 0.1) is 5.92 Å². The van der Waals surface area contributed by atoms with Crippen LogP contribution >= 0.6 is 24.8 Å². The van der Waals surface area contributed by atoms with Gasteiger partial charge < -0.3 is 9.84 Å². The second-order valence-corrected chi connectivity index (χ2v) is 10.3. The van der Waals surface area contributed by atoms with Crippen molar-refractivity contribution in [1.82, 2.24) is 9.80 Å². The molecule has 0 amide bonds. The van der Waals surface area contributed by atoms with Gasteiger partial charge in [-0.1, -0.05) is 30.3 Å². The first-order valence-corrected chi connectivity index (χ1v) is 13.0. The van der Waals surface area contributed by atoms with Gasteiger partial charge >= 0.3 is 18.3 Å². The van der Waals surface area contributed by atoms with Crippen LogP contribution in [0.2, 0.25) is 0 Å². The number of ether oxygens (including phenoxy) is 1. The lowest BCUT2D eigenvalue weighted by Crippen LogP contribution is -2.52. The summed E-state index contributed by atoms with van der Waals surface area (Å²) >= 11 is 0. The minimum Gasteiger partial charge on any atom is -0.481 e. The summed E-state index contributed by atoms with van der Waals surface area (Å²) in [5, 5.41) is 9.25. The van der Waals surface area contributed by atoms with Crippen LogP contribution in [0.25, 0.3) is 0 Å². The van der Waals surface area contributed by atoms with E-state index in [1.54, 1.807) is 0 Å². The number of piperazine rings is 1. The first-order valence-electron chi connectivity index (χ1n) is 13.0. The highest BCUT2D eigenvalue weighted by Gasteiger charge is 2.37. The Morgan fingerprint density at radius 1 is 0.854 bits per heavy atom. The van der Waals surface area contributed by atoms with Crippen LogP contribution in [0.3, 0.4) is 0 Å². The molecule has 2 fully saturated rings. The molecule has 2 aromatic carbocycles. The zero-order valence-corrected chi connectivity index (χ0v) is 23.8. The van der Waals surface area contributed by atoms with Crippen molar-refractivity contribution in [2.24, 2.45) is 5.92 Å². The van der Waals surface area contributed by atoms with Crippen molar-refractivity contribution in [1.29, 1.82) is 0 Å². The second kappa shape index (κ2) is 14.9. The Labute approximate surface area is 247 Å². The first-order chi connectivity index (χ1) is 18.4. The Kier molecular flexibility index (Phi) is 12.8.